The second-order valence-corrected chi connectivity index (χ2v) is 4.86. The molecular formula is C15H22N4O2. The Hall–Kier alpha value is -2.24. The predicted octanol–water partition coefficient (Wildman–Crippen LogP) is 1.12. The molecule has 3 N–H and O–H groups in total. The minimum Gasteiger partial charge on any atom is -0.382 e. The van der Waals surface area contributed by atoms with E-state index in [4.69, 9.17) is 0 Å². The number of nitrogens with one attached hydrogen (secondary N) is 3. The number of likely N-dealkylation sites (N-methyl/N-ethyl adjacent to an activating group) is 1. The molecule has 21 heavy (non-hydrogen) atoms. The molecule has 0 aromatic heterocycles. The third kappa shape index (κ3) is 3.65. The lowest BCUT2D eigenvalue weighted by Crippen LogP contribution is -2.40. The third-order valence-corrected chi connectivity index (χ3v) is 3.55. The molecule has 1 aliphatic heterocycles. The molecule has 0 unspecified atom stereocenters. The van der Waals surface area contributed by atoms with Crippen LogP contribution in [0.4, 0.5) is 11.4 Å². The summed E-state index contributed by atoms with van der Waals surface area (Å²) in [7, 11) is 0. The van der Waals surface area contributed by atoms with Crippen molar-refractivity contribution in [2.45, 2.75) is 13.8 Å². The molecule has 2 rings (SSSR count). The van der Waals surface area contributed by atoms with E-state index in [1.807, 2.05) is 19.9 Å². The summed E-state index contributed by atoms with van der Waals surface area (Å²) >= 11 is 0. The molecule has 0 spiro atoms. The van der Waals surface area contributed by atoms with Gasteiger partial charge in [0.2, 0.25) is 5.91 Å². The number of anilines is 2. The molecule has 0 saturated carbocycles. The lowest BCUT2D eigenvalue weighted by Gasteiger charge is -2.21. The largest absolute Gasteiger partial charge is 0.382 e. The van der Waals surface area contributed by atoms with Crippen LogP contribution in [0.25, 0.3) is 0 Å². The predicted molar refractivity (Wildman–Crippen MR) is 83.7 cm³/mol. The van der Waals surface area contributed by atoms with Crippen molar-refractivity contribution in [1.82, 2.24) is 10.2 Å². The summed E-state index contributed by atoms with van der Waals surface area (Å²) in [6.07, 6.45) is 0. The van der Waals surface area contributed by atoms with Crippen molar-refractivity contribution in [3.63, 3.8) is 0 Å². The summed E-state index contributed by atoms with van der Waals surface area (Å²) < 4.78 is 0. The topological polar surface area (TPSA) is 73.5 Å². The first-order chi connectivity index (χ1) is 10.2. The highest BCUT2D eigenvalue weighted by molar-refractivity contribution is 5.98. The number of rotatable bonds is 5. The smallest absolute Gasteiger partial charge is 0.251 e. The van der Waals surface area contributed by atoms with Gasteiger partial charge in [0.15, 0.2) is 0 Å². The van der Waals surface area contributed by atoms with Crippen molar-refractivity contribution in [3.8, 4) is 0 Å². The highest BCUT2D eigenvalue weighted by Gasteiger charge is 2.14. The summed E-state index contributed by atoms with van der Waals surface area (Å²) in [4.78, 5) is 25.7. The first kappa shape index (κ1) is 15.2. The Labute approximate surface area is 124 Å². The molecule has 1 aromatic carbocycles. The van der Waals surface area contributed by atoms with E-state index in [1.54, 1.807) is 17.0 Å². The Morgan fingerprint density at radius 3 is 2.48 bits per heavy atom. The summed E-state index contributed by atoms with van der Waals surface area (Å²) in [5.41, 5.74) is 2.47. The zero-order chi connectivity index (χ0) is 15.2. The van der Waals surface area contributed by atoms with Crippen LogP contribution in [0.15, 0.2) is 18.2 Å². The van der Waals surface area contributed by atoms with E-state index >= 15 is 0 Å². The van der Waals surface area contributed by atoms with Crippen LogP contribution in [-0.2, 0) is 4.79 Å². The molecule has 2 amide bonds. The molecule has 0 saturated heterocycles. The van der Waals surface area contributed by atoms with Gasteiger partial charge in [-0.3, -0.25) is 9.59 Å². The van der Waals surface area contributed by atoms with E-state index in [1.165, 1.54) is 0 Å². The summed E-state index contributed by atoms with van der Waals surface area (Å²) in [6.45, 7) is 6.88. The van der Waals surface area contributed by atoms with Crippen molar-refractivity contribution in [3.05, 3.63) is 23.8 Å². The normalized spacial score (nSPS) is 12.7. The molecule has 0 aliphatic carbocycles. The van der Waals surface area contributed by atoms with Gasteiger partial charge in [0, 0.05) is 31.7 Å². The van der Waals surface area contributed by atoms with Crippen LogP contribution in [0.1, 0.15) is 24.2 Å². The average molecular weight is 290 g/mol. The number of carbonyl (C=O) groups is 2. The molecule has 0 bridgehead atoms. The van der Waals surface area contributed by atoms with Gasteiger partial charge in [0.25, 0.3) is 5.91 Å². The number of benzene rings is 1. The number of carbonyl (C=O) groups excluding carboxylic acids is 2. The van der Waals surface area contributed by atoms with Crippen LogP contribution in [0.2, 0.25) is 0 Å². The molecule has 6 nitrogen and oxygen atoms in total. The van der Waals surface area contributed by atoms with Crippen LogP contribution >= 0.6 is 0 Å². The number of amides is 2. The van der Waals surface area contributed by atoms with E-state index in [0.717, 1.165) is 24.5 Å². The SMILES string of the molecule is CCN(CC)C(=O)CNC(=O)c1ccc2c(c1)NCCN2. The fourth-order valence-electron chi connectivity index (χ4n) is 2.33. The Bertz CT molecular complexity index is 526. The lowest BCUT2D eigenvalue weighted by molar-refractivity contribution is -0.129. The molecule has 0 radical (unpaired) electrons. The highest BCUT2D eigenvalue weighted by atomic mass is 16.2. The molecule has 1 aromatic rings. The monoisotopic (exact) mass is 290 g/mol. The Morgan fingerprint density at radius 2 is 1.81 bits per heavy atom. The van der Waals surface area contributed by atoms with Crippen molar-refractivity contribution >= 4 is 23.2 Å². The zero-order valence-corrected chi connectivity index (χ0v) is 12.5. The van der Waals surface area contributed by atoms with Crippen molar-refractivity contribution in [1.29, 1.82) is 0 Å². The second kappa shape index (κ2) is 6.97. The Morgan fingerprint density at radius 1 is 1.14 bits per heavy atom. The van der Waals surface area contributed by atoms with Gasteiger partial charge >= 0.3 is 0 Å². The van der Waals surface area contributed by atoms with Crippen LogP contribution < -0.4 is 16.0 Å². The molecule has 1 aliphatic rings. The maximum absolute atomic E-state index is 12.1. The quantitative estimate of drug-likeness (QED) is 0.760. The maximum Gasteiger partial charge on any atom is 0.251 e. The molecule has 0 atom stereocenters. The van der Waals surface area contributed by atoms with Gasteiger partial charge in [0.1, 0.15) is 0 Å². The van der Waals surface area contributed by atoms with E-state index in [2.05, 4.69) is 16.0 Å². The average Bonchev–Trinajstić information content (AvgIpc) is 2.53. The van der Waals surface area contributed by atoms with Crippen LogP contribution in [0, 0.1) is 0 Å². The minimum absolute atomic E-state index is 0.0310. The Kier molecular flexibility index (Phi) is 5.03. The minimum atomic E-state index is -0.231. The van der Waals surface area contributed by atoms with E-state index in [9.17, 15) is 9.59 Å². The van der Waals surface area contributed by atoms with Crippen molar-refractivity contribution < 1.29 is 9.59 Å². The summed E-state index contributed by atoms with van der Waals surface area (Å²) in [5, 5.41) is 9.17. The van der Waals surface area contributed by atoms with E-state index in [-0.39, 0.29) is 18.4 Å². The Balaban J connectivity index is 1.96. The zero-order valence-electron chi connectivity index (χ0n) is 12.5. The molecular weight excluding hydrogens is 268 g/mol. The van der Waals surface area contributed by atoms with Gasteiger partial charge in [-0.1, -0.05) is 0 Å². The number of fused-ring (bicyclic) bond motifs is 1. The lowest BCUT2D eigenvalue weighted by atomic mass is 10.1. The summed E-state index contributed by atoms with van der Waals surface area (Å²) in [6, 6.07) is 5.44. The van der Waals surface area contributed by atoms with Gasteiger partial charge in [-0.2, -0.15) is 0 Å². The standard InChI is InChI=1S/C15H22N4O2/c1-3-19(4-2)14(20)10-18-15(21)11-5-6-12-13(9-11)17-8-7-16-12/h5-6,9,16-17H,3-4,7-8,10H2,1-2H3,(H,18,21). The first-order valence-corrected chi connectivity index (χ1v) is 7.33. The molecule has 6 heteroatoms. The fourth-order valence-corrected chi connectivity index (χ4v) is 2.33. The van der Waals surface area contributed by atoms with Gasteiger partial charge < -0.3 is 20.9 Å². The van der Waals surface area contributed by atoms with Crippen molar-refractivity contribution in [2.24, 2.45) is 0 Å². The highest BCUT2D eigenvalue weighted by Crippen LogP contribution is 2.25. The van der Waals surface area contributed by atoms with E-state index in [0.29, 0.717) is 18.7 Å². The van der Waals surface area contributed by atoms with Gasteiger partial charge in [-0.05, 0) is 32.0 Å². The number of hydrogen-bond donors (Lipinski definition) is 3. The first-order valence-electron chi connectivity index (χ1n) is 7.33. The maximum atomic E-state index is 12.1. The van der Waals surface area contributed by atoms with Crippen LogP contribution in [-0.4, -0.2) is 49.4 Å². The van der Waals surface area contributed by atoms with Crippen LogP contribution in [0.5, 0.6) is 0 Å². The van der Waals surface area contributed by atoms with Crippen LogP contribution in [0.3, 0.4) is 0 Å². The van der Waals surface area contributed by atoms with Gasteiger partial charge in [0.05, 0.1) is 17.9 Å². The van der Waals surface area contributed by atoms with Gasteiger partial charge in [-0.25, -0.2) is 0 Å². The number of hydrogen-bond acceptors (Lipinski definition) is 4. The fraction of sp³-hybridized carbons (Fsp3) is 0.467. The second-order valence-electron chi connectivity index (χ2n) is 4.86. The van der Waals surface area contributed by atoms with Gasteiger partial charge in [-0.15, -0.1) is 0 Å². The molecule has 0 fully saturated rings. The van der Waals surface area contributed by atoms with Crippen molar-refractivity contribution in [2.75, 3.05) is 43.4 Å². The van der Waals surface area contributed by atoms with E-state index < -0.39 is 0 Å². The molecule has 114 valence electrons. The summed E-state index contributed by atoms with van der Waals surface area (Å²) in [5.74, 6) is -0.295. The third-order valence-electron chi connectivity index (χ3n) is 3.55. The molecule has 1 heterocycles. The number of nitrogens with zero attached hydrogens (tertiary/aromatic N) is 1.